The van der Waals surface area contributed by atoms with Gasteiger partial charge in [0.25, 0.3) is 5.91 Å². The van der Waals surface area contributed by atoms with E-state index in [2.05, 4.69) is 15.3 Å². The van der Waals surface area contributed by atoms with E-state index in [1.807, 2.05) is 61.7 Å². The summed E-state index contributed by atoms with van der Waals surface area (Å²) in [6, 6.07) is 15.7. The van der Waals surface area contributed by atoms with E-state index in [0.717, 1.165) is 32.8 Å². The second kappa shape index (κ2) is 8.77. The minimum atomic E-state index is -0.185. The molecular formula is C23H23N5O2S. The van der Waals surface area contributed by atoms with Crippen molar-refractivity contribution >= 4 is 28.6 Å². The summed E-state index contributed by atoms with van der Waals surface area (Å²) in [5.74, 6) is 0.618. The van der Waals surface area contributed by atoms with Crippen molar-refractivity contribution in [3.05, 3.63) is 71.7 Å². The van der Waals surface area contributed by atoms with E-state index >= 15 is 0 Å². The number of amides is 1. The van der Waals surface area contributed by atoms with Gasteiger partial charge >= 0.3 is 0 Å². The van der Waals surface area contributed by atoms with Crippen LogP contribution in [0.5, 0.6) is 5.75 Å². The molecule has 31 heavy (non-hydrogen) atoms. The van der Waals surface area contributed by atoms with Gasteiger partial charge in [-0.1, -0.05) is 17.3 Å². The number of carbonyl (C=O) groups excluding carboxylic acids is 1. The van der Waals surface area contributed by atoms with E-state index in [1.54, 1.807) is 41.7 Å². The van der Waals surface area contributed by atoms with E-state index in [1.165, 1.54) is 0 Å². The molecule has 0 spiro atoms. The maximum Gasteiger partial charge on any atom is 0.276 e. The summed E-state index contributed by atoms with van der Waals surface area (Å²) in [5, 5.41) is 9.41. The summed E-state index contributed by atoms with van der Waals surface area (Å²) in [5.41, 5.74) is 3.70. The third-order valence-electron chi connectivity index (χ3n) is 5.16. The van der Waals surface area contributed by atoms with E-state index < -0.39 is 0 Å². The van der Waals surface area contributed by atoms with Crippen molar-refractivity contribution in [3.63, 3.8) is 0 Å². The number of ether oxygens (including phenoxy) is 1. The fraction of sp³-hybridized carbons (Fsp3) is 0.217. The van der Waals surface area contributed by atoms with Gasteiger partial charge in [-0.15, -0.1) is 16.9 Å². The highest BCUT2D eigenvalue weighted by atomic mass is 32.2. The van der Waals surface area contributed by atoms with Gasteiger partial charge < -0.3 is 9.64 Å². The van der Waals surface area contributed by atoms with Gasteiger partial charge in [0, 0.05) is 30.1 Å². The number of pyridine rings is 1. The van der Waals surface area contributed by atoms with Crippen molar-refractivity contribution in [2.75, 3.05) is 20.4 Å². The van der Waals surface area contributed by atoms with Crippen LogP contribution in [0.2, 0.25) is 0 Å². The lowest BCUT2D eigenvalue weighted by atomic mass is 10.1. The molecule has 158 valence electrons. The van der Waals surface area contributed by atoms with Gasteiger partial charge in [-0.05, 0) is 55.1 Å². The topological polar surface area (TPSA) is 73.1 Å². The number of fused-ring (bicyclic) bond motifs is 1. The second-order valence-electron chi connectivity index (χ2n) is 7.13. The standard InChI is InChI=1S/C23H23N5O2S/c1-15-22(23(29)27(2)14-16-10-11-21(31-4)20(13-16)30-3)25-26-28(15)19-9-5-8-18-17(19)7-6-12-24-18/h5-13H,14H2,1-4H3. The highest BCUT2D eigenvalue weighted by Gasteiger charge is 2.22. The predicted octanol–water partition coefficient (Wildman–Crippen LogP) is 4.13. The Kier molecular flexibility index (Phi) is 5.90. The molecule has 2 aromatic heterocycles. The molecule has 0 unspecified atom stereocenters. The lowest BCUT2D eigenvalue weighted by molar-refractivity contribution is 0.0778. The zero-order valence-electron chi connectivity index (χ0n) is 17.9. The van der Waals surface area contributed by atoms with Crippen molar-refractivity contribution in [1.82, 2.24) is 24.9 Å². The summed E-state index contributed by atoms with van der Waals surface area (Å²) in [4.78, 5) is 20.2. The third kappa shape index (κ3) is 3.98. The molecule has 0 aliphatic carbocycles. The smallest absolute Gasteiger partial charge is 0.276 e. The summed E-state index contributed by atoms with van der Waals surface area (Å²) in [6.45, 7) is 2.29. The minimum Gasteiger partial charge on any atom is -0.496 e. The Balaban J connectivity index is 1.61. The number of hydrogen-bond acceptors (Lipinski definition) is 6. The van der Waals surface area contributed by atoms with Gasteiger partial charge in [0.1, 0.15) is 5.75 Å². The van der Waals surface area contributed by atoms with Gasteiger partial charge in [0.2, 0.25) is 0 Å². The van der Waals surface area contributed by atoms with Crippen LogP contribution in [-0.4, -0.2) is 51.2 Å². The average molecular weight is 434 g/mol. The van der Waals surface area contributed by atoms with Gasteiger partial charge in [-0.2, -0.15) is 0 Å². The Bertz CT molecular complexity index is 1250. The Morgan fingerprint density at radius 3 is 2.81 bits per heavy atom. The van der Waals surface area contributed by atoms with Crippen LogP contribution in [0.4, 0.5) is 0 Å². The quantitative estimate of drug-likeness (QED) is 0.426. The molecule has 0 saturated heterocycles. The summed E-state index contributed by atoms with van der Waals surface area (Å²) < 4.78 is 7.15. The van der Waals surface area contributed by atoms with Crippen molar-refractivity contribution in [2.45, 2.75) is 18.4 Å². The van der Waals surface area contributed by atoms with Crippen LogP contribution in [0.25, 0.3) is 16.6 Å². The summed E-state index contributed by atoms with van der Waals surface area (Å²) in [7, 11) is 3.41. The predicted molar refractivity (Wildman–Crippen MR) is 122 cm³/mol. The number of rotatable bonds is 6. The summed E-state index contributed by atoms with van der Waals surface area (Å²) >= 11 is 1.62. The first-order valence-corrected chi connectivity index (χ1v) is 11.0. The number of hydrogen-bond donors (Lipinski definition) is 0. The van der Waals surface area contributed by atoms with E-state index in [0.29, 0.717) is 17.9 Å². The number of benzene rings is 2. The van der Waals surface area contributed by atoms with Crippen LogP contribution < -0.4 is 4.74 Å². The zero-order valence-corrected chi connectivity index (χ0v) is 18.7. The molecular weight excluding hydrogens is 410 g/mol. The number of aromatic nitrogens is 4. The van der Waals surface area contributed by atoms with Crippen molar-refractivity contribution in [1.29, 1.82) is 0 Å². The Labute approximate surface area is 185 Å². The first-order chi connectivity index (χ1) is 15.0. The van der Waals surface area contributed by atoms with Crippen LogP contribution in [0.3, 0.4) is 0 Å². The first kappa shape index (κ1) is 20.9. The monoisotopic (exact) mass is 433 g/mol. The third-order valence-corrected chi connectivity index (χ3v) is 5.94. The normalized spacial score (nSPS) is 11.0. The Morgan fingerprint density at radius 2 is 2.03 bits per heavy atom. The molecule has 8 heteroatoms. The second-order valence-corrected chi connectivity index (χ2v) is 7.98. The average Bonchev–Trinajstić information content (AvgIpc) is 3.18. The Morgan fingerprint density at radius 1 is 1.19 bits per heavy atom. The molecule has 0 aliphatic heterocycles. The molecule has 0 aliphatic rings. The van der Waals surface area contributed by atoms with Crippen LogP contribution in [0.1, 0.15) is 21.7 Å². The molecule has 2 aromatic carbocycles. The maximum absolute atomic E-state index is 13.1. The molecule has 0 radical (unpaired) electrons. The maximum atomic E-state index is 13.1. The van der Waals surface area contributed by atoms with Crippen molar-refractivity contribution in [2.24, 2.45) is 0 Å². The van der Waals surface area contributed by atoms with Crippen LogP contribution in [0, 0.1) is 6.92 Å². The molecule has 1 amide bonds. The van der Waals surface area contributed by atoms with Crippen LogP contribution in [-0.2, 0) is 6.54 Å². The summed E-state index contributed by atoms with van der Waals surface area (Å²) in [6.07, 6.45) is 3.76. The van der Waals surface area contributed by atoms with Crippen LogP contribution in [0.15, 0.2) is 59.6 Å². The van der Waals surface area contributed by atoms with Gasteiger partial charge in [-0.3, -0.25) is 9.78 Å². The molecule has 4 rings (SSSR count). The SMILES string of the molecule is COc1cc(CN(C)C(=O)c2nnn(-c3cccc4ncccc34)c2C)ccc1SC. The Hall–Kier alpha value is -3.39. The molecule has 0 N–H and O–H groups in total. The number of thioether (sulfide) groups is 1. The molecule has 0 bridgehead atoms. The lowest BCUT2D eigenvalue weighted by Gasteiger charge is -2.17. The highest BCUT2D eigenvalue weighted by molar-refractivity contribution is 7.98. The molecule has 4 aromatic rings. The highest BCUT2D eigenvalue weighted by Crippen LogP contribution is 2.29. The zero-order chi connectivity index (χ0) is 22.0. The van der Waals surface area contributed by atoms with E-state index in [-0.39, 0.29) is 5.91 Å². The van der Waals surface area contributed by atoms with Crippen LogP contribution >= 0.6 is 11.8 Å². The first-order valence-electron chi connectivity index (χ1n) is 9.76. The minimum absolute atomic E-state index is 0.185. The van der Waals surface area contributed by atoms with Crippen molar-refractivity contribution in [3.8, 4) is 11.4 Å². The lowest BCUT2D eigenvalue weighted by Crippen LogP contribution is -2.27. The molecule has 0 atom stereocenters. The molecule has 0 saturated carbocycles. The van der Waals surface area contributed by atoms with Gasteiger partial charge in [0.05, 0.1) is 24.0 Å². The number of carbonyl (C=O) groups is 1. The largest absolute Gasteiger partial charge is 0.496 e. The molecule has 2 heterocycles. The molecule has 0 fully saturated rings. The molecule has 7 nitrogen and oxygen atoms in total. The van der Waals surface area contributed by atoms with Gasteiger partial charge in [-0.25, -0.2) is 4.68 Å². The number of methoxy groups -OCH3 is 1. The van der Waals surface area contributed by atoms with E-state index in [9.17, 15) is 4.79 Å². The van der Waals surface area contributed by atoms with Gasteiger partial charge in [0.15, 0.2) is 5.69 Å². The fourth-order valence-electron chi connectivity index (χ4n) is 3.53. The fourth-order valence-corrected chi connectivity index (χ4v) is 4.08. The van der Waals surface area contributed by atoms with Crippen molar-refractivity contribution < 1.29 is 9.53 Å². The number of nitrogens with zero attached hydrogens (tertiary/aromatic N) is 5. The van der Waals surface area contributed by atoms with E-state index in [4.69, 9.17) is 4.74 Å².